The predicted octanol–water partition coefficient (Wildman–Crippen LogP) is 4.41. The van der Waals surface area contributed by atoms with E-state index in [1.54, 1.807) is 0 Å². The number of hydrogen-bond donors (Lipinski definition) is 2. The van der Waals surface area contributed by atoms with Crippen LogP contribution in [-0.4, -0.2) is 58.7 Å². The van der Waals surface area contributed by atoms with E-state index < -0.39 is 11.2 Å². The highest BCUT2D eigenvalue weighted by Gasteiger charge is 2.82. The van der Waals surface area contributed by atoms with Crippen molar-refractivity contribution in [3.8, 4) is 11.5 Å². The average molecular weight is 468 g/mol. The first kappa shape index (κ1) is 21.9. The molecule has 186 valence electrons. The second kappa shape index (κ2) is 6.33. The van der Waals surface area contributed by atoms with Gasteiger partial charge in [-0.3, -0.25) is 4.90 Å². The van der Waals surface area contributed by atoms with Crippen molar-refractivity contribution in [2.45, 2.75) is 101 Å². The molecule has 2 heterocycles. The van der Waals surface area contributed by atoms with E-state index in [1.807, 2.05) is 20.1 Å². The van der Waals surface area contributed by atoms with Gasteiger partial charge in [0.1, 0.15) is 11.7 Å². The van der Waals surface area contributed by atoms with Gasteiger partial charge in [0.25, 0.3) is 0 Å². The van der Waals surface area contributed by atoms with Gasteiger partial charge in [0.2, 0.25) is 0 Å². The standard InChI is InChI=1S/C29H41NO4/c1-25(2,3)26(4,32)20-15-27-10-11-29(20,33-5)24-28(27)12-13-30(16-17-6-7-17)21(27)14-18-8-9-19(31)23(34-24)22(18)28/h8-9,17,20-21,24,31-32H,6-7,10-16H2,1-5H3/t20-,21?,24+,26-,27?,28-,29?/m0/s1. The van der Waals surface area contributed by atoms with Gasteiger partial charge in [-0.05, 0) is 81.4 Å². The Hall–Kier alpha value is -1.30. The predicted molar refractivity (Wildman–Crippen MR) is 130 cm³/mol. The molecule has 4 bridgehead atoms. The Morgan fingerprint density at radius 2 is 1.91 bits per heavy atom. The molecular weight excluding hydrogens is 426 g/mol. The van der Waals surface area contributed by atoms with Gasteiger partial charge < -0.3 is 19.7 Å². The highest BCUT2D eigenvalue weighted by Crippen LogP contribution is 2.78. The Bertz CT molecular complexity index is 1060. The fraction of sp³-hybridized carbons (Fsp3) is 0.793. The van der Waals surface area contributed by atoms with Crippen LogP contribution in [0, 0.1) is 22.7 Å². The number of fused-ring (bicyclic) bond motifs is 2. The molecule has 34 heavy (non-hydrogen) atoms. The third-order valence-corrected chi connectivity index (χ3v) is 11.9. The summed E-state index contributed by atoms with van der Waals surface area (Å²) in [6.07, 6.45) is 7.64. The molecule has 5 fully saturated rings. The lowest BCUT2D eigenvalue weighted by Gasteiger charge is -2.75. The molecule has 0 radical (unpaired) electrons. The molecular formula is C29H41NO4. The zero-order valence-corrected chi connectivity index (χ0v) is 21.5. The molecule has 7 aliphatic rings. The first-order valence-electron chi connectivity index (χ1n) is 13.6. The van der Waals surface area contributed by atoms with Crippen molar-refractivity contribution >= 4 is 0 Å². The van der Waals surface area contributed by atoms with E-state index >= 15 is 0 Å². The van der Waals surface area contributed by atoms with E-state index in [9.17, 15) is 10.2 Å². The van der Waals surface area contributed by atoms with Gasteiger partial charge >= 0.3 is 0 Å². The molecule has 5 heteroatoms. The van der Waals surface area contributed by atoms with Crippen LogP contribution in [-0.2, 0) is 16.6 Å². The minimum atomic E-state index is -0.909. The Morgan fingerprint density at radius 3 is 2.59 bits per heavy atom. The molecule has 1 saturated heterocycles. The van der Waals surface area contributed by atoms with Crippen molar-refractivity contribution in [1.82, 2.24) is 4.90 Å². The van der Waals surface area contributed by atoms with Gasteiger partial charge in [0.15, 0.2) is 11.5 Å². The van der Waals surface area contributed by atoms with Gasteiger partial charge in [-0.2, -0.15) is 0 Å². The van der Waals surface area contributed by atoms with E-state index in [0.29, 0.717) is 11.8 Å². The number of phenols is 1. The van der Waals surface area contributed by atoms with Crippen molar-refractivity contribution in [2.75, 3.05) is 20.2 Å². The summed E-state index contributed by atoms with van der Waals surface area (Å²) in [5.41, 5.74) is 0.783. The number of aromatic hydroxyl groups is 1. The van der Waals surface area contributed by atoms with Crippen molar-refractivity contribution < 1.29 is 19.7 Å². The third kappa shape index (κ3) is 2.25. The molecule has 5 aliphatic carbocycles. The van der Waals surface area contributed by atoms with Gasteiger partial charge in [-0.1, -0.05) is 26.8 Å². The number of ether oxygens (including phenoxy) is 2. The molecule has 0 amide bonds. The lowest BCUT2D eigenvalue weighted by Crippen LogP contribution is -2.83. The molecule has 3 unspecified atom stereocenters. The Kier molecular flexibility index (Phi) is 4.08. The molecule has 1 aromatic carbocycles. The highest BCUT2D eigenvalue weighted by atomic mass is 16.6. The van der Waals surface area contributed by atoms with Gasteiger partial charge in [-0.15, -0.1) is 0 Å². The molecule has 0 aromatic heterocycles. The summed E-state index contributed by atoms with van der Waals surface area (Å²) in [5, 5.41) is 23.2. The van der Waals surface area contributed by atoms with Crippen LogP contribution in [0.4, 0.5) is 0 Å². The summed E-state index contributed by atoms with van der Waals surface area (Å²) >= 11 is 0. The van der Waals surface area contributed by atoms with Crippen LogP contribution in [0.1, 0.15) is 77.3 Å². The minimum Gasteiger partial charge on any atom is -0.504 e. The van der Waals surface area contributed by atoms with Crippen LogP contribution in [0.25, 0.3) is 0 Å². The van der Waals surface area contributed by atoms with Gasteiger partial charge in [0.05, 0.1) is 5.60 Å². The maximum atomic E-state index is 12.2. The molecule has 2 N–H and O–H groups in total. The Balaban J connectivity index is 1.47. The lowest BCUT2D eigenvalue weighted by molar-refractivity contribution is -0.312. The lowest BCUT2D eigenvalue weighted by atomic mass is 9.33. The van der Waals surface area contributed by atoms with Crippen molar-refractivity contribution in [1.29, 1.82) is 0 Å². The number of nitrogens with zero attached hydrogens (tertiary/aromatic N) is 1. The number of methoxy groups -OCH3 is 1. The van der Waals surface area contributed by atoms with Crippen LogP contribution in [0.5, 0.6) is 11.5 Å². The Morgan fingerprint density at radius 1 is 1.15 bits per heavy atom. The normalized spacial score (nSPS) is 43.9. The first-order chi connectivity index (χ1) is 16.0. The molecule has 4 saturated carbocycles. The monoisotopic (exact) mass is 467 g/mol. The van der Waals surface area contributed by atoms with Crippen molar-refractivity contribution in [2.24, 2.45) is 22.7 Å². The zero-order chi connectivity index (χ0) is 23.9. The van der Waals surface area contributed by atoms with Crippen LogP contribution < -0.4 is 4.74 Å². The maximum Gasteiger partial charge on any atom is 0.165 e. The fourth-order valence-electron chi connectivity index (χ4n) is 9.58. The SMILES string of the molecule is COC12CCC3(C[C@H]1[C@](C)(O)C(C)(C)C)C1Cc4ccc(O)c5c4[C@@]3(CCN1CC1CC1)[C@H]2O5. The molecule has 2 aliphatic heterocycles. The largest absolute Gasteiger partial charge is 0.504 e. The number of aliphatic hydroxyl groups is 1. The van der Waals surface area contributed by atoms with Crippen molar-refractivity contribution in [3.05, 3.63) is 23.3 Å². The smallest absolute Gasteiger partial charge is 0.165 e. The van der Waals surface area contributed by atoms with Gasteiger partial charge in [-0.25, -0.2) is 0 Å². The number of likely N-dealkylation sites (tertiary alicyclic amines) is 1. The quantitative estimate of drug-likeness (QED) is 0.687. The summed E-state index contributed by atoms with van der Waals surface area (Å²) in [6, 6.07) is 4.46. The van der Waals surface area contributed by atoms with E-state index in [4.69, 9.17) is 9.47 Å². The van der Waals surface area contributed by atoms with E-state index in [2.05, 4.69) is 31.7 Å². The number of benzene rings is 1. The maximum absolute atomic E-state index is 12.2. The number of piperidine rings is 1. The van der Waals surface area contributed by atoms with Crippen LogP contribution in [0.2, 0.25) is 0 Å². The second-order valence-corrected chi connectivity index (χ2v) is 13.8. The number of hydrogen-bond acceptors (Lipinski definition) is 5. The zero-order valence-electron chi connectivity index (χ0n) is 21.5. The number of phenolic OH excluding ortho intramolecular Hbond substituents is 1. The van der Waals surface area contributed by atoms with E-state index in [1.165, 1.54) is 30.5 Å². The molecule has 8 rings (SSSR count). The summed E-state index contributed by atoms with van der Waals surface area (Å²) in [7, 11) is 1.83. The average Bonchev–Trinajstić information content (AvgIpc) is 3.53. The molecule has 2 spiro atoms. The minimum absolute atomic E-state index is 0.0294. The number of rotatable bonds is 4. The molecule has 7 atom stereocenters. The summed E-state index contributed by atoms with van der Waals surface area (Å²) < 4.78 is 13.5. The first-order valence-corrected chi connectivity index (χ1v) is 13.6. The summed E-state index contributed by atoms with van der Waals surface area (Å²) in [5.74, 6) is 1.80. The second-order valence-electron chi connectivity index (χ2n) is 13.8. The van der Waals surface area contributed by atoms with Gasteiger partial charge in [0, 0.05) is 42.0 Å². The van der Waals surface area contributed by atoms with E-state index in [-0.39, 0.29) is 34.0 Å². The third-order valence-electron chi connectivity index (χ3n) is 11.9. The highest BCUT2D eigenvalue weighted by molar-refractivity contribution is 5.63. The molecule has 1 aromatic rings. The van der Waals surface area contributed by atoms with E-state index in [0.717, 1.165) is 44.6 Å². The molecule has 5 nitrogen and oxygen atoms in total. The summed E-state index contributed by atoms with van der Waals surface area (Å²) in [6.45, 7) is 10.8. The Labute approximate surface area is 203 Å². The fourth-order valence-corrected chi connectivity index (χ4v) is 9.58. The van der Waals surface area contributed by atoms with Crippen LogP contribution in [0.3, 0.4) is 0 Å². The topological polar surface area (TPSA) is 62.2 Å². The van der Waals surface area contributed by atoms with Crippen molar-refractivity contribution in [3.63, 3.8) is 0 Å². The van der Waals surface area contributed by atoms with Crippen LogP contribution in [0.15, 0.2) is 12.1 Å². The van der Waals surface area contributed by atoms with Crippen LogP contribution >= 0.6 is 0 Å². The summed E-state index contributed by atoms with van der Waals surface area (Å²) in [4.78, 5) is 2.82.